The highest BCUT2D eigenvalue weighted by atomic mass is 32.1. The van der Waals surface area contributed by atoms with Crippen LogP contribution in [0.4, 0.5) is 0 Å². The van der Waals surface area contributed by atoms with Crippen molar-refractivity contribution in [2.24, 2.45) is 15.8 Å². The van der Waals surface area contributed by atoms with Crippen LogP contribution in [0.5, 0.6) is 5.75 Å². The molecule has 27 heavy (non-hydrogen) atoms. The van der Waals surface area contributed by atoms with Gasteiger partial charge in [-0.05, 0) is 50.1 Å². The summed E-state index contributed by atoms with van der Waals surface area (Å²) in [4.78, 5) is 17.0. The van der Waals surface area contributed by atoms with Gasteiger partial charge < -0.3 is 15.3 Å². The average molecular weight is 382 g/mol. The Morgan fingerprint density at radius 1 is 1.37 bits per heavy atom. The van der Waals surface area contributed by atoms with E-state index in [4.69, 9.17) is 15.1 Å². The van der Waals surface area contributed by atoms with Gasteiger partial charge in [0.2, 0.25) is 4.80 Å². The van der Waals surface area contributed by atoms with E-state index in [1.54, 1.807) is 23.0 Å². The molecule has 0 unspecified atom stereocenters. The van der Waals surface area contributed by atoms with Crippen LogP contribution in [-0.2, 0) is 0 Å². The number of aryl methyl sites for hydroxylation is 1. The molecule has 0 bridgehead atoms. The number of carbonyl (C=O) groups excluding carboxylic acids is 1. The molecule has 1 aromatic carbocycles. The van der Waals surface area contributed by atoms with Crippen LogP contribution in [0.2, 0.25) is 0 Å². The van der Waals surface area contributed by atoms with Crippen LogP contribution in [0.3, 0.4) is 0 Å². The molecule has 138 valence electrons. The van der Waals surface area contributed by atoms with Crippen molar-refractivity contribution in [1.82, 2.24) is 4.68 Å². The zero-order valence-corrected chi connectivity index (χ0v) is 15.4. The smallest absolute Gasteiger partial charge is 0.252 e. The molecule has 3 aromatic rings. The van der Waals surface area contributed by atoms with Gasteiger partial charge in [0.1, 0.15) is 17.3 Å². The third-order valence-corrected chi connectivity index (χ3v) is 4.97. The molecule has 2 heterocycles. The van der Waals surface area contributed by atoms with Gasteiger partial charge in [-0.15, -0.1) is 11.3 Å². The fraction of sp³-hybridized carbons (Fsp3) is 0.211. The van der Waals surface area contributed by atoms with E-state index in [0.717, 1.165) is 29.1 Å². The fourth-order valence-electron chi connectivity index (χ4n) is 2.59. The molecule has 1 amide bonds. The molecule has 4 rings (SSSR count). The Labute approximate surface area is 159 Å². The minimum atomic E-state index is -0.686. The predicted molar refractivity (Wildman–Crippen MR) is 103 cm³/mol. The first-order valence-corrected chi connectivity index (χ1v) is 9.37. The molecular weight excluding hydrogens is 364 g/mol. The average Bonchev–Trinajstić information content (AvgIpc) is 3.22. The first kappa shape index (κ1) is 17.3. The van der Waals surface area contributed by atoms with Crippen molar-refractivity contribution >= 4 is 23.5 Å². The number of aromatic hydroxyl groups is 1. The van der Waals surface area contributed by atoms with Crippen LogP contribution in [0, 0.1) is 6.92 Å². The topological polar surface area (TPSA) is 106 Å². The van der Waals surface area contributed by atoms with Gasteiger partial charge in [-0.2, -0.15) is 5.10 Å². The van der Waals surface area contributed by atoms with Crippen molar-refractivity contribution in [3.63, 3.8) is 0 Å². The van der Waals surface area contributed by atoms with Gasteiger partial charge in [-0.3, -0.25) is 9.79 Å². The van der Waals surface area contributed by atoms with E-state index in [-0.39, 0.29) is 11.3 Å². The van der Waals surface area contributed by atoms with Crippen molar-refractivity contribution < 1.29 is 14.3 Å². The summed E-state index contributed by atoms with van der Waals surface area (Å²) in [6.45, 7) is 1.87. The second kappa shape index (κ2) is 6.88. The number of phenols is 1. The number of nitrogens with two attached hydrogens (primary N) is 1. The monoisotopic (exact) mass is 382 g/mol. The van der Waals surface area contributed by atoms with Crippen molar-refractivity contribution in [3.05, 3.63) is 57.6 Å². The third-order valence-electron chi connectivity index (χ3n) is 4.14. The summed E-state index contributed by atoms with van der Waals surface area (Å²) in [5.41, 5.74) is 6.88. The highest BCUT2D eigenvalue weighted by Gasteiger charge is 2.21. The molecule has 8 heteroatoms. The van der Waals surface area contributed by atoms with E-state index in [1.807, 2.05) is 24.4 Å². The lowest BCUT2D eigenvalue weighted by Gasteiger charge is -2.06. The maximum Gasteiger partial charge on any atom is 0.252 e. The molecule has 3 N–H and O–H groups in total. The molecular formula is C19H18N4O3S. The lowest BCUT2D eigenvalue weighted by atomic mass is 10.1. The molecule has 1 saturated carbocycles. The molecule has 2 aromatic heterocycles. The number of carbonyl (C=O) groups is 1. The normalized spacial score (nSPS) is 14.9. The van der Waals surface area contributed by atoms with Gasteiger partial charge in [0, 0.05) is 10.9 Å². The highest BCUT2D eigenvalue weighted by Crippen LogP contribution is 2.27. The summed E-state index contributed by atoms with van der Waals surface area (Å²) < 4.78 is 7.26. The van der Waals surface area contributed by atoms with Crippen molar-refractivity contribution in [1.29, 1.82) is 0 Å². The van der Waals surface area contributed by atoms with Gasteiger partial charge in [-0.25, -0.2) is 4.68 Å². The zero-order valence-electron chi connectivity index (χ0n) is 14.6. The second-order valence-electron chi connectivity index (χ2n) is 6.36. The Balaban J connectivity index is 1.81. The van der Waals surface area contributed by atoms with E-state index >= 15 is 0 Å². The number of nitrogens with zero attached hydrogens (tertiary/aromatic N) is 3. The number of primary amides is 1. The molecule has 1 aliphatic rings. The summed E-state index contributed by atoms with van der Waals surface area (Å²) >= 11 is 1.47. The molecule has 0 atom stereocenters. The number of hydrogen-bond acceptors (Lipinski definition) is 6. The third kappa shape index (κ3) is 3.70. The van der Waals surface area contributed by atoms with Crippen LogP contribution in [-0.4, -0.2) is 27.9 Å². The lowest BCUT2D eigenvalue weighted by molar-refractivity contribution is 0.0998. The standard InChI is InChI=1S/C19H18N4O3S/c1-11-2-6-14(26-11)9-21-23-16(10-27-19(23)22-13-4-5-13)12-3-7-17(24)15(8-12)18(20)25/h2-3,6-10,13,24H,4-5H2,1H3,(H2,20,25)/b21-9+,22-19?. The number of amides is 1. The Hall–Kier alpha value is -3.13. The van der Waals surface area contributed by atoms with Crippen molar-refractivity contribution in [2.45, 2.75) is 25.8 Å². The Kier molecular flexibility index (Phi) is 4.41. The SMILES string of the molecule is Cc1ccc(/C=N/n2c(-c3ccc(O)c(C(N)=O)c3)csc2=NC2CC2)o1. The lowest BCUT2D eigenvalue weighted by Crippen LogP contribution is -2.14. The summed E-state index contributed by atoms with van der Waals surface area (Å²) in [5.74, 6) is 0.608. The molecule has 7 nitrogen and oxygen atoms in total. The first-order valence-electron chi connectivity index (χ1n) is 8.49. The maximum atomic E-state index is 11.6. The maximum absolute atomic E-state index is 11.6. The largest absolute Gasteiger partial charge is 0.507 e. The minimum absolute atomic E-state index is 0.0663. The molecule has 0 radical (unpaired) electrons. The number of hydrogen-bond donors (Lipinski definition) is 2. The van der Waals surface area contributed by atoms with E-state index in [1.165, 1.54) is 17.4 Å². The van der Waals surface area contributed by atoms with Crippen molar-refractivity contribution in [2.75, 3.05) is 0 Å². The molecule has 1 aliphatic carbocycles. The molecule has 0 saturated heterocycles. The van der Waals surface area contributed by atoms with Crippen LogP contribution in [0.25, 0.3) is 11.3 Å². The fourth-order valence-corrected chi connectivity index (χ4v) is 3.50. The van der Waals surface area contributed by atoms with Gasteiger partial charge >= 0.3 is 0 Å². The molecule has 0 aliphatic heterocycles. The summed E-state index contributed by atoms with van der Waals surface area (Å²) in [6, 6.07) is 8.78. The number of benzene rings is 1. The van der Waals surface area contributed by atoms with E-state index < -0.39 is 5.91 Å². The summed E-state index contributed by atoms with van der Waals surface area (Å²) in [6.07, 6.45) is 3.79. The predicted octanol–water partition coefficient (Wildman–Crippen LogP) is 2.87. The summed E-state index contributed by atoms with van der Waals surface area (Å²) in [5, 5.41) is 16.3. The van der Waals surface area contributed by atoms with E-state index in [2.05, 4.69) is 5.10 Å². The Morgan fingerprint density at radius 3 is 2.85 bits per heavy atom. The quantitative estimate of drug-likeness (QED) is 0.663. The molecule has 1 fully saturated rings. The minimum Gasteiger partial charge on any atom is -0.507 e. The van der Waals surface area contributed by atoms with E-state index in [0.29, 0.717) is 17.4 Å². The zero-order chi connectivity index (χ0) is 19.0. The van der Waals surface area contributed by atoms with Crippen LogP contribution < -0.4 is 10.5 Å². The number of thiazole rings is 1. The van der Waals surface area contributed by atoms with Crippen LogP contribution in [0.15, 0.2) is 50.2 Å². The van der Waals surface area contributed by atoms with E-state index in [9.17, 15) is 9.90 Å². The van der Waals surface area contributed by atoms with Gasteiger partial charge in [0.25, 0.3) is 5.91 Å². The summed E-state index contributed by atoms with van der Waals surface area (Å²) in [7, 11) is 0. The Morgan fingerprint density at radius 2 is 2.19 bits per heavy atom. The molecule has 0 spiro atoms. The highest BCUT2D eigenvalue weighted by molar-refractivity contribution is 7.07. The van der Waals surface area contributed by atoms with Gasteiger partial charge in [0.15, 0.2) is 0 Å². The number of rotatable bonds is 5. The second-order valence-corrected chi connectivity index (χ2v) is 7.20. The number of aromatic nitrogens is 1. The van der Waals surface area contributed by atoms with Gasteiger partial charge in [-0.1, -0.05) is 0 Å². The Bertz CT molecular complexity index is 1100. The van der Waals surface area contributed by atoms with Crippen LogP contribution >= 0.6 is 11.3 Å². The van der Waals surface area contributed by atoms with Crippen LogP contribution in [0.1, 0.15) is 34.7 Å². The number of furan rings is 1. The first-order chi connectivity index (χ1) is 13.0. The van der Waals surface area contributed by atoms with Gasteiger partial charge in [0.05, 0.1) is 23.5 Å². The van der Waals surface area contributed by atoms with Crippen molar-refractivity contribution in [3.8, 4) is 17.0 Å².